The van der Waals surface area contributed by atoms with Crippen LogP contribution in [0.5, 0.6) is 0 Å². The van der Waals surface area contributed by atoms with E-state index in [-0.39, 0.29) is 0 Å². The van der Waals surface area contributed by atoms with Crippen molar-refractivity contribution in [3.8, 4) is 6.07 Å². The van der Waals surface area contributed by atoms with Gasteiger partial charge >= 0.3 is 0 Å². The molecule has 0 atom stereocenters. The molecule has 0 aliphatic carbocycles. The standard InChI is InChI=1S/C9H5ClN2/c10-7-1-2-8-6(4-11)5-12-9(8)3-7/h1-3,5,12H. The van der Waals surface area contributed by atoms with Crippen molar-refractivity contribution in [3.63, 3.8) is 0 Å². The summed E-state index contributed by atoms with van der Waals surface area (Å²) < 4.78 is 0. The van der Waals surface area contributed by atoms with Gasteiger partial charge in [0, 0.05) is 22.1 Å². The highest BCUT2D eigenvalue weighted by atomic mass is 35.5. The lowest BCUT2D eigenvalue weighted by molar-refractivity contribution is 1.45. The van der Waals surface area contributed by atoms with Crippen LogP contribution in [0.15, 0.2) is 24.4 Å². The van der Waals surface area contributed by atoms with Gasteiger partial charge in [0.25, 0.3) is 0 Å². The Balaban J connectivity index is 2.84. The SMILES string of the molecule is N#Cc1c[nH]c2cc(Cl)ccc12. The third kappa shape index (κ3) is 0.956. The Morgan fingerprint density at radius 3 is 3.00 bits per heavy atom. The van der Waals surface area contributed by atoms with Gasteiger partial charge in [-0.3, -0.25) is 0 Å². The zero-order valence-electron chi connectivity index (χ0n) is 6.13. The first-order valence-corrected chi connectivity index (χ1v) is 3.86. The molecule has 1 aromatic carbocycles. The molecule has 1 N–H and O–H groups in total. The lowest BCUT2D eigenvalue weighted by Crippen LogP contribution is -1.69. The average molecular weight is 177 g/mol. The minimum absolute atomic E-state index is 0.654. The van der Waals surface area contributed by atoms with E-state index in [0.29, 0.717) is 10.6 Å². The molecule has 0 saturated heterocycles. The van der Waals surface area contributed by atoms with Crippen molar-refractivity contribution in [1.29, 1.82) is 5.26 Å². The number of fused-ring (bicyclic) bond motifs is 1. The van der Waals surface area contributed by atoms with Crippen LogP contribution in [0.3, 0.4) is 0 Å². The molecule has 0 amide bonds. The third-order valence-corrected chi connectivity index (χ3v) is 2.00. The normalized spacial score (nSPS) is 10.0. The molecule has 0 aliphatic heterocycles. The Bertz CT molecular complexity index is 465. The van der Waals surface area contributed by atoms with Gasteiger partial charge in [-0.1, -0.05) is 17.7 Å². The molecule has 2 aromatic rings. The lowest BCUT2D eigenvalue weighted by Gasteiger charge is -1.90. The van der Waals surface area contributed by atoms with Crippen molar-refractivity contribution in [2.45, 2.75) is 0 Å². The van der Waals surface area contributed by atoms with Crippen molar-refractivity contribution in [1.82, 2.24) is 4.98 Å². The second-order valence-corrected chi connectivity index (χ2v) is 2.94. The highest BCUT2D eigenvalue weighted by Crippen LogP contribution is 2.20. The van der Waals surface area contributed by atoms with Crippen LogP contribution in [0.2, 0.25) is 5.02 Å². The molecule has 2 nitrogen and oxygen atoms in total. The highest BCUT2D eigenvalue weighted by Gasteiger charge is 2.01. The molecule has 0 fully saturated rings. The number of halogens is 1. The number of benzene rings is 1. The van der Waals surface area contributed by atoms with Gasteiger partial charge in [-0.2, -0.15) is 5.26 Å². The number of hydrogen-bond acceptors (Lipinski definition) is 1. The Hall–Kier alpha value is -1.46. The number of nitrogens with zero attached hydrogens (tertiary/aromatic N) is 1. The molecule has 58 valence electrons. The summed E-state index contributed by atoms with van der Waals surface area (Å²) in [6, 6.07) is 7.51. The number of H-pyrrole nitrogens is 1. The van der Waals surface area contributed by atoms with Gasteiger partial charge in [-0.25, -0.2) is 0 Å². The molecule has 1 aromatic heterocycles. The fourth-order valence-corrected chi connectivity index (χ4v) is 1.36. The van der Waals surface area contributed by atoms with Gasteiger partial charge in [0.05, 0.1) is 5.56 Å². The summed E-state index contributed by atoms with van der Waals surface area (Å²) in [6.07, 6.45) is 1.68. The number of aromatic amines is 1. The maximum atomic E-state index is 8.69. The summed E-state index contributed by atoms with van der Waals surface area (Å²) in [5.41, 5.74) is 1.56. The summed E-state index contributed by atoms with van der Waals surface area (Å²) in [6.45, 7) is 0. The second-order valence-electron chi connectivity index (χ2n) is 2.50. The molecular weight excluding hydrogens is 172 g/mol. The Kier molecular flexibility index (Phi) is 1.53. The molecule has 1 heterocycles. The molecule has 0 aliphatic rings. The minimum Gasteiger partial charge on any atom is -0.360 e. The summed E-state index contributed by atoms with van der Waals surface area (Å²) in [5, 5.41) is 10.3. The number of rotatable bonds is 0. The van der Waals surface area contributed by atoms with Gasteiger partial charge in [0.2, 0.25) is 0 Å². The summed E-state index contributed by atoms with van der Waals surface area (Å²) in [4.78, 5) is 2.97. The lowest BCUT2D eigenvalue weighted by atomic mass is 10.2. The van der Waals surface area contributed by atoms with Crippen LogP contribution in [-0.2, 0) is 0 Å². The average Bonchev–Trinajstić information content (AvgIpc) is 2.46. The van der Waals surface area contributed by atoms with E-state index in [2.05, 4.69) is 11.1 Å². The third-order valence-electron chi connectivity index (χ3n) is 1.76. The highest BCUT2D eigenvalue weighted by molar-refractivity contribution is 6.31. The summed E-state index contributed by atoms with van der Waals surface area (Å²) in [5.74, 6) is 0. The van der Waals surface area contributed by atoms with Crippen LogP contribution in [0.4, 0.5) is 0 Å². The van der Waals surface area contributed by atoms with Crippen molar-refractivity contribution in [2.75, 3.05) is 0 Å². The first kappa shape index (κ1) is 7.20. The monoisotopic (exact) mass is 176 g/mol. The largest absolute Gasteiger partial charge is 0.360 e. The van der Waals surface area contributed by atoms with E-state index in [9.17, 15) is 0 Å². The first-order valence-electron chi connectivity index (χ1n) is 3.48. The maximum Gasteiger partial charge on any atom is 0.101 e. The fourth-order valence-electron chi connectivity index (χ4n) is 1.19. The number of nitriles is 1. The van der Waals surface area contributed by atoms with Crippen molar-refractivity contribution in [2.24, 2.45) is 0 Å². The summed E-state index contributed by atoms with van der Waals surface area (Å²) in [7, 11) is 0. The molecule has 0 spiro atoms. The fraction of sp³-hybridized carbons (Fsp3) is 0. The first-order chi connectivity index (χ1) is 5.81. The van der Waals surface area contributed by atoms with Gasteiger partial charge < -0.3 is 4.98 Å². The zero-order chi connectivity index (χ0) is 8.55. The molecule has 0 saturated carbocycles. The molecular formula is C9H5ClN2. The van der Waals surface area contributed by atoms with Crippen LogP contribution in [-0.4, -0.2) is 4.98 Å². The Labute approximate surface area is 74.4 Å². The van der Waals surface area contributed by atoms with Crippen molar-refractivity contribution < 1.29 is 0 Å². The van der Waals surface area contributed by atoms with Gasteiger partial charge in [0.15, 0.2) is 0 Å². The minimum atomic E-state index is 0.654. The van der Waals surface area contributed by atoms with Gasteiger partial charge in [0.1, 0.15) is 6.07 Å². The molecule has 0 unspecified atom stereocenters. The second kappa shape index (κ2) is 2.54. The number of hydrogen-bond donors (Lipinski definition) is 1. The van der Waals surface area contributed by atoms with E-state index in [0.717, 1.165) is 10.9 Å². The van der Waals surface area contributed by atoms with E-state index in [1.54, 1.807) is 18.3 Å². The van der Waals surface area contributed by atoms with Crippen LogP contribution in [0.1, 0.15) is 5.56 Å². The smallest absolute Gasteiger partial charge is 0.101 e. The summed E-state index contributed by atoms with van der Waals surface area (Å²) >= 11 is 5.77. The van der Waals surface area contributed by atoms with E-state index >= 15 is 0 Å². The molecule has 0 radical (unpaired) electrons. The Morgan fingerprint density at radius 2 is 2.25 bits per heavy atom. The molecule has 12 heavy (non-hydrogen) atoms. The molecule has 3 heteroatoms. The Morgan fingerprint density at radius 1 is 1.42 bits per heavy atom. The van der Waals surface area contributed by atoms with E-state index in [1.165, 1.54) is 0 Å². The number of nitrogens with one attached hydrogen (secondary N) is 1. The molecule has 2 rings (SSSR count). The quantitative estimate of drug-likeness (QED) is 0.659. The van der Waals surface area contributed by atoms with Crippen LogP contribution < -0.4 is 0 Å². The van der Waals surface area contributed by atoms with Gasteiger partial charge in [-0.15, -0.1) is 0 Å². The van der Waals surface area contributed by atoms with Crippen molar-refractivity contribution in [3.05, 3.63) is 35.0 Å². The van der Waals surface area contributed by atoms with Gasteiger partial charge in [-0.05, 0) is 12.1 Å². The predicted octanol–water partition coefficient (Wildman–Crippen LogP) is 2.69. The predicted molar refractivity (Wildman–Crippen MR) is 48.0 cm³/mol. The topological polar surface area (TPSA) is 39.6 Å². The number of aromatic nitrogens is 1. The van der Waals surface area contributed by atoms with Crippen molar-refractivity contribution >= 4 is 22.5 Å². The molecule has 0 bridgehead atoms. The van der Waals surface area contributed by atoms with Crippen LogP contribution in [0.25, 0.3) is 10.9 Å². The van der Waals surface area contributed by atoms with Crippen LogP contribution in [0, 0.1) is 11.3 Å². The van der Waals surface area contributed by atoms with Crippen LogP contribution >= 0.6 is 11.6 Å². The van der Waals surface area contributed by atoms with E-state index < -0.39 is 0 Å². The zero-order valence-corrected chi connectivity index (χ0v) is 6.89. The maximum absolute atomic E-state index is 8.69. The van der Waals surface area contributed by atoms with E-state index in [4.69, 9.17) is 16.9 Å². The van der Waals surface area contributed by atoms with E-state index in [1.807, 2.05) is 6.07 Å².